The Bertz CT molecular complexity index is 549. The number of alkyl halides is 2. The fraction of sp³-hybridized carbons (Fsp3) is 0.0833. The third-order valence-electron chi connectivity index (χ3n) is 2.43. The minimum Gasteiger partial charge on any atom is -0.478 e. The molecule has 17 heavy (non-hydrogen) atoms. The number of carboxylic acid groups (broad SMARTS) is 1. The molecule has 0 aliphatic heterocycles. The minimum absolute atomic E-state index is 0.0661. The molecule has 3 nitrogen and oxygen atoms in total. The topological polar surface area (TPSA) is 53.1 Å². The van der Waals surface area contributed by atoms with E-state index < -0.39 is 12.4 Å². The standard InChI is InChI=1S/C12H9F2NO2/c13-11(14)8-3-1-2-7(4-8)9-5-15-6-10(9)12(16)17/h1-6,11,15H,(H,16,17). The van der Waals surface area contributed by atoms with Crippen molar-refractivity contribution in [3.8, 4) is 11.1 Å². The maximum atomic E-state index is 12.5. The molecule has 5 heteroatoms. The number of aromatic carboxylic acids is 1. The summed E-state index contributed by atoms with van der Waals surface area (Å²) in [7, 11) is 0. The summed E-state index contributed by atoms with van der Waals surface area (Å²) in [5.41, 5.74) is 0.804. The summed E-state index contributed by atoms with van der Waals surface area (Å²) in [6.45, 7) is 0. The van der Waals surface area contributed by atoms with Crippen molar-refractivity contribution in [3.63, 3.8) is 0 Å². The van der Waals surface area contributed by atoms with Gasteiger partial charge in [0.2, 0.25) is 0 Å². The first-order valence-electron chi connectivity index (χ1n) is 4.88. The van der Waals surface area contributed by atoms with E-state index in [1.165, 1.54) is 30.6 Å². The number of carbonyl (C=O) groups is 1. The van der Waals surface area contributed by atoms with Gasteiger partial charge < -0.3 is 10.1 Å². The number of hydrogen-bond acceptors (Lipinski definition) is 1. The number of benzene rings is 1. The van der Waals surface area contributed by atoms with E-state index in [4.69, 9.17) is 5.11 Å². The maximum Gasteiger partial charge on any atom is 0.337 e. The van der Waals surface area contributed by atoms with Gasteiger partial charge in [-0.05, 0) is 11.6 Å². The van der Waals surface area contributed by atoms with Crippen LogP contribution in [0.1, 0.15) is 22.3 Å². The predicted molar refractivity (Wildman–Crippen MR) is 58.1 cm³/mol. The predicted octanol–water partition coefficient (Wildman–Crippen LogP) is 3.32. The molecule has 0 radical (unpaired) electrons. The number of halogens is 2. The van der Waals surface area contributed by atoms with Crippen LogP contribution in [0.15, 0.2) is 36.7 Å². The highest BCUT2D eigenvalue weighted by molar-refractivity contribution is 5.95. The Morgan fingerprint density at radius 3 is 2.71 bits per heavy atom. The summed E-state index contributed by atoms with van der Waals surface area (Å²) < 4.78 is 25.0. The number of aromatic nitrogens is 1. The van der Waals surface area contributed by atoms with Gasteiger partial charge in [-0.1, -0.05) is 18.2 Å². The first kappa shape index (κ1) is 11.3. The Hall–Kier alpha value is -2.17. The van der Waals surface area contributed by atoms with Crippen molar-refractivity contribution >= 4 is 5.97 Å². The normalized spacial score (nSPS) is 10.8. The molecule has 2 N–H and O–H groups in total. The van der Waals surface area contributed by atoms with E-state index in [0.29, 0.717) is 11.1 Å². The monoisotopic (exact) mass is 237 g/mol. The van der Waals surface area contributed by atoms with Gasteiger partial charge in [-0.2, -0.15) is 0 Å². The Morgan fingerprint density at radius 1 is 1.29 bits per heavy atom. The molecule has 0 saturated heterocycles. The zero-order valence-electron chi connectivity index (χ0n) is 8.65. The van der Waals surface area contributed by atoms with Crippen LogP contribution in [0.2, 0.25) is 0 Å². The lowest BCUT2D eigenvalue weighted by molar-refractivity contribution is 0.0698. The summed E-state index contributed by atoms with van der Waals surface area (Å²) in [6, 6.07) is 5.68. The number of carboxylic acids is 1. The van der Waals surface area contributed by atoms with E-state index in [2.05, 4.69) is 4.98 Å². The molecule has 1 heterocycles. The van der Waals surface area contributed by atoms with Crippen molar-refractivity contribution in [1.29, 1.82) is 0 Å². The maximum absolute atomic E-state index is 12.5. The third-order valence-corrected chi connectivity index (χ3v) is 2.43. The number of nitrogens with one attached hydrogen (secondary N) is 1. The molecule has 0 spiro atoms. The Balaban J connectivity index is 2.49. The summed E-state index contributed by atoms with van der Waals surface area (Å²) in [6.07, 6.45) is 0.239. The number of aromatic amines is 1. The van der Waals surface area contributed by atoms with Crippen LogP contribution in [0.3, 0.4) is 0 Å². The Labute approximate surface area is 95.7 Å². The first-order valence-corrected chi connectivity index (χ1v) is 4.88. The quantitative estimate of drug-likeness (QED) is 0.860. The second-order valence-corrected chi connectivity index (χ2v) is 3.51. The minimum atomic E-state index is -2.57. The number of H-pyrrole nitrogens is 1. The summed E-state index contributed by atoms with van der Waals surface area (Å²) in [5.74, 6) is -1.09. The van der Waals surface area contributed by atoms with Crippen LogP contribution < -0.4 is 0 Å². The lowest BCUT2D eigenvalue weighted by atomic mass is 10.0. The molecular weight excluding hydrogens is 228 g/mol. The van der Waals surface area contributed by atoms with Crippen molar-refractivity contribution in [2.75, 3.05) is 0 Å². The van der Waals surface area contributed by atoms with Crippen molar-refractivity contribution in [3.05, 3.63) is 47.8 Å². The van der Waals surface area contributed by atoms with Crippen LogP contribution in [0.4, 0.5) is 8.78 Å². The lowest BCUT2D eigenvalue weighted by Crippen LogP contribution is -1.96. The molecule has 0 bridgehead atoms. The average molecular weight is 237 g/mol. The van der Waals surface area contributed by atoms with Gasteiger partial charge >= 0.3 is 5.97 Å². The highest BCUT2D eigenvalue weighted by atomic mass is 19.3. The van der Waals surface area contributed by atoms with E-state index in [9.17, 15) is 13.6 Å². The lowest BCUT2D eigenvalue weighted by Gasteiger charge is -2.04. The molecule has 0 unspecified atom stereocenters. The summed E-state index contributed by atoms with van der Waals surface area (Å²) >= 11 is 0. The van der Waals surface area contributed by atoms with Crippen LogP contribution in [0, 0.1) is 0 Å². The summed E-state index contributed by atoms with van der Waals surface area (Å²) in [5, 5.41) is 8.93. The largest absolute Gasteiger partial charge is 0.478 e. The zero-order valence-corrected chi connectivity index (χ0v) is 8.65. The van der Waals surface area contributed by atoms with E-state index in [1.807, 2.05) is 0 Å². The molecule has 0 fully saturated rings. The third kappa shape index (κ3) is 2.18. The molecular formula is C12H9F2NO2. The molecule has 2 aromatic rings. The van der Waals surface area contributed by atoms with Gasteiger partial charge in [0.25, 0.3) is 6.43 Å². The highest BCUT2D eigenvalue weighted by Gasteiger charge is 2.14. The second-order valence-electron chi connectivity index (χ2n) is 3.51. The molecule has 1 aromatic heterocycles. The van der Waals surface area contributed by atoms with Crippen LogP contribution in [-0.2, 0) is 0 Å². The molecule has 0 atom stereocenters. The van der Waals surface area contributed by atoms with E-state index in [1.54, 1.807) is 6.07 Å². The van der Waals surface area contributed by atoms with E-state index in [-0.39, 0.29) is 11.1 Å². The number of rotatable bonds is 3. The molecule has 0 aliphatic rings. The van der Waals surface area contributed by atoms with Crippen molar-refractivity contribution in [2.45, 2.75) is 6.43 Å². The summed E-state index contributed by atoms with van der Waals surface area (Å²) in [4.78, 5) is 13.6. The fourth-order valence-electron chi connectivity index (χ4n) is 1.62. The van der Waals surface area contributed by atoms with Crippen molar-refractivity contribution in [2.24, 2.45) is 0 Å². The molecule has 2 rings (SSSR count). The Morgan fingerprint density at radius 2 is 2.06 bits per heavy atom. The van der Waals surface area contributed by atoms with E-state index in [0.717, 1.165) is 0 Å². The smallest absolute Gasteiger partial charge is 0.337 e. The molecule has 0 aliphatic carbocycles. The first-order chi connectivity index (χ1) is 8.09. The molecule has 0 amide bonds. The molecule has 1 aromatic carbocycles. The molecule has 0 saturated carbocycles. The SMILES string of the molecule is O=C(O)c1c[nH]cc1-c1cccc(C(F)F)c1. The Kier molecular flexibility index (Phi) is 2.91. The second kappa shape index (κ2) is 4.37. The average Bonchev–Trinajstić information content (AvgIpc) is 2.78. The van der Waals surface area contributed by atoms with E-state index >= 15 is 0 Å². The van der Waals surface area contributed by atoms with Gasteiger partial charge in [-0.3, -0.25) is 0 Å². The van der Waals surface area contributed by atoms with Gasteiger partial charge in [0, 0.05) is 23.5 Å². The van der Waals surface area contributed by atoms with Gasteiger partial charge in [-0.15, -0.1) is 0 Å². The van der Waals surface area contributed by atoms with Crippen LogP contribution in [0.25, 0.3) is 11.1 Å². The van der Waals surface area contributed by atoms with Crippen LogP contribution in [0.5, 0.6) is 0 Å². The van der Waals surface area contributed by atoms with Crippen molar-refractivity contribution < 1.29 is 18.7 Å². The van der Waals surface area contributed by atoms with Crippen LogP contribution >= 0.6 is 0 Å². The van der Waals surface area contributed by atoms with Gasteiger partial charge in [0.1, 0.15) is 0 Å². The van der Waals surface area contributed by atoms with Gasteiger partial charge in [0.15, 0.2) is 0 Å². The van der Waals surface area contributed by atoms with Gasteiger partial charge in [-0.25, -0.2) is 13.6 Å². The van der Waals surface area contributed by atoms with Gasteiger partial charge in [0.05, 0.1) is 5.56 Å². The molecule has 88 valence electrons. The van der Waals surface area contributed by atoms with Crippen LogP contribution in [-0.4, -0.2) is 16.1 Å². The fourth-order valence-corrected chi connectivity index (χ4v) is 1.62. The number of hydrogen-bond donors (Lipinski definition) is 2. The van der Waals surface area contributed by atoms with Crippen molar-refractivity contribution in [1.82, 2.24) is 4.98 Å². The zero-order chi connectivity index (χ0) is 12.4. The highest BCUT2D eigenvalue weighted by Crippen LogP contribution is 2.27.